The van der Waals surface area contributed by atoms with Crippen LogP contribution in [0.25, 0.3) is 0 Å². The fourth-order valence-electron chi connectivity index (χ4n) is 4.35. The minimum atomic E-state index is -0.234. The predicted molar refractivity (Wildman–Crippen MR) is 112 cm³/mol. The Kier molecular flexibility index (Phi) is 5.43. The van der Waals surface area contributed by atoms with E-state index in [9.17, 15) is 9.59 Å². The monoisotopic (exact) mass is 394 g/mol. The second-order valence-electron chi connectivity index (χ2n) is 7.68. The van der Waals surface area contributed by atoms with E-state index in [4.69, 9.17) is 9.47 Å². The van der Waals surface area contributed by atoms with Crippen molar-refractivity contribution < 1.29 is 19.1 Å². The lowest BCUT2D eigenvalue weighted by atomic mass is 9.84. The summed E-state index contributed by atoms with van der Waals surface area (Å²) in [6.07, 6.45) is 4.40. The molecule has 152 valence electrons. The van der Waals surface area contributed by atoms with Crippen LogP contribution in [0.15, 0.2) is 42.5 Å². The number of carbonyl (C=O) groups is 2. The Labute approximate surface area is 170 Å². The molecule has 0 aromatic heterocycles. The van der Waals surface area contributed by atoms with Gasteiger partial charge in [-0.1, -0.05) is 31.0 Å². The van der Waals surface area contributed by atoms with Crippen molar-refractivity contribution in [3.8, 4) is 11.5 Å². The third-order valence-corrected chi connectivity index (χ3v) is 5.96. The number of benzene rings is 2. The molecule has 4 rings (SSSR count). The van der Waals surface area contributed by atoms with E-state index in [1.165, 1.54) is 0 Å². The first-order valence-corrected chi connectivity index (χ1v) is 10.1. The summed E-state index contributed by atoms with van der Waals surface area (Å²) in [5, 5.41) is 3.08. The standard InChI is InChI=1S/C23H26N2O4/c1-25-19-9-5-8-18(22(19)29-14-20(25)26)24-23(27)21(15-6-3-4-7-15)16-10-12-17(28-2)13-11-16/h5,8-13,15,21H,3-4,6-7,14H2,1-2H3,(H,24,27). The highest BCUT2D eigenvalue weighted by Gasteiger charge is 2.33. The fraction of sp³-hybridized carbons (Fsp3) is 0.391. The molecule has 29 heavy (non-hydrogen) atoms. The van der Waals surface area contributed by atoms with Gasteiger partial charge in [-0.25, -0.2) is 0 Å². The lowest BCUT2D eigenvalue weighted by Crippen LogP contribution is -2.36. The van der Waals surface area contributed by atoms with E-state index in [2.05, 4.69) is 5.32 Å². The molecule has 1 atom stereocenters. The van der Waals surface area contributed by atoms with E-state index < -0.39 is 0 Å². The Morgan fingerprint density at radius 2 is 1.90 bits per heavy atom. The molecular formula is C23H26N2O4. The Morgan fingerprint density at radius 3 is 2.59 bits per heavy atom. The van der Waals surface area contributed by atoms with Gasteiger partial charge in [-0.15, -0.1) is 0 Å². The van der Waals surface area contributed by atoms with Crippen LogP contribution in [0.1, 0.15) is 37.2 Å². The largest absolute Gasteiger partial charge is 0.497 e. The maximum absolute atomic E-state index is 13.4. The number of methoxy groups -OCH3 is 1. The number of nitrogens with zero attached hydrogens (tertiary/aromatic N) is 1. The van der Waals surface area contributed by atoms with Crippen molar-refractivity contribution in [2.45, 2.75) is 31.6 Å². The number of likely N-dealkylation sites (N-methyl/N-ethyl adjacent to an activating group) is 1. The van der Waals surface area contributed by atoms with Crippen molar-refractivity contribution in [2.24, 2.45) is 5.92 Å². The van der Waals surface area contributed by atoms with Gasteiger partial charge in [0.15, 0.2) is 12.4 Å². The summed E-state index contributed by atoms with van der Waals surface area (Å²) < 4.78 is 10.9. The van der Waals surface area contributed by atoms with E-state index in [0.717, 1.165) is 37.0 Å². The highest BCUT2D eigenvalue weighted by molar-refractivity contribution is 6.02. The lowest BCUT2D eigenvalue weighted by molar-refractivity contribution is -0.121. The minimum Gasteiger partial charge on any atom is -0.497 e. The van der Waals surface area contributed by atoms with Crippen LogP contribution in [0, 0.1) is 5.92 Å². The average Bonchev–Trinajstić information content (AvgIpc) is 3.26. The van der Waals surface area contributed by atoms with Gasteiger partial charge in [0.1, 0.15) is 5.75 Å². The van der Waals surface area contributed by atoms with Crippen molar-refractivity contribution in [3.05, 3.63) is 48.0 Å². The minimum absolute atomic E-state index is 0.0269. The van der Waals surface area contributed by atoms with Crippen molar-refractivity contribution in [1.82, 2.24) is 0 Å². The van der Waals surface area contributed by atoms with Gasteiger partial charge >= 0.3 is 0 Å². The van der Waals surface area contributed by atoms with Crippen LogP contribution in [0.2, 0.25) is 0 Å². The van der Waals surface area contributed by atoms with Crippen LogP contribution in [0.3, 0.4) is 0 Å². The SMILES string of the molecule is COc1ccc(C(C(=O)Nc2cccc3c2OCC(=O)N3C)C2CCCC2)cc1. The van der Waals surface area contributed by atoms with Gasteiger partial charge in [-0.3, -0.25) is 9.59 Å². The van der Waals surface area contributed by atoms with Gasteiger partial charge in [0.2, 0.25) is 5.91 Å². The lowest BCUT2D eigenvalue weighted by Gasteiger charge is -2.28. The Hall–Kier alpha value is -3.02. The second-order valence-corrected chi connectivity index (χ2v) is 7.68. The number of rotatable bonds is 5. The van der Waals surface area contributed by atoms with Crippen LogP contribution in [-0.2, 0) is 9.59 Å². The van der Waals surface area contributed by atoms with Gasteiger partial charge in [0.05, 0.1) is 24.4 Å². The third-order valence-electron chi connectivity index (χ3n) is 5.96. The molecule has 2 aliphatic rings. The molecule has 1 saturated carbocycles. The first-order valence-electron chi connectivity index (χ1n) is 10.1. The zero-order valence-corrected chi connectivity index (χ0v) is 16.8. The molecule has 2 aromatic rings. The zero-order chi connectivity index (χ0) is 20.4. The molecule has 0 spiro atoms. The summed E-state index contributed by atoms with van der Waals surface area (Å²) in [6, 6.07) is 13.2. The van der Waals surface area contributed by atoms with E-state index in [1.807, 2.05) is 42.5 Å². The number of nitrogens with one attached hydrogen (secondary N) is 1. The van der Waals surface area contributed by atoms with Gasteiger partial charge < -0.3 is 19.7 Å². The molecule has 6 heteroatoms. The summed E-state index contributed by atoms with van der Waals surface area (Å²) in [5.41, 5.74) is 2.26. The maximum Gasteiger partial charge on any atom is 0.264 e. The highest BCUT2D eigenvalue weighted by Crippen LogP contribution is 2.41. The molecule has 0 bridgehead atoms. The van der Waals surface area contributed by atoms with E-state index in [0.29, 0.717) is 23.0 Å². The Bertz CT molecular complexity index is 904. The van der Waals surface area contributed by atoms with E-state index in [1.54, 1.807) is 19.1 Å². The molecular weight excluding hydrogens is 368 g/mol. The average molecular weight is 394 g/mol. The molecule has 2 amide bonds. The van der Waals surface area contributed by atoms with Gasteiger partial charge in [-0.2, -0.15) is 0 Å². The summed E-state index contributed by atoms with van der Waals surface area (Å²) in [6.45, 7) is -0.0269. The molecule has 1 aliphatic carbocycles. The quantitative estimate of drug-likeness (QED) is 0.833. The Balaban J connectivity index is 1.63. The molecule has 0 radical (unpaired) electrons. The van der Waals surface area contributed by atoms with Crippen LogP contribution >= 0.6 is 0 Å². The topological polar surface area (TPSA) is 67.9 Å². The van der Waals surface area contributed by atoms with Crippen LogP contribution in [0.4, 0.5) is 11.4 Å². The number of para-hydroxylation sites is 1. The first kappa shape index (κ1) is 19.3. The van der Waals surface area contributed by atoms with Crippen molar-refractivity contribution in [1.29, 1.82) is 0 Å². The number of amides is 2. The molecule has 1 aliphatic heterocycles. The zero-order valence-electron chi connectivity index (χ0n) is 16.8. The van der Waals surface area contributed by atoms with E-state index in [-0.39, 0.29) is 24.3 Å². The highest BCUT2D eigenvalue weighted by atomic mass is 16.5. The van der Waals surface area contributed by atoms with Crippen molar-refractivity contribution in [2.75, 3.05) is 31.0 Å². The molecule has 1 N–H and O–H groups in total. The molecule has 1 unspecified atom stereocenters. The molecule has 2 aromatic carbocycles. The molecule has 6 nitrogen and oxygen atoms in total. The van der Waals surface area contributed by atoms with Gasteiger partial charge in [0.25, 0.3) is 5.91 Å². The summed E-state index contributed by atoms with van der Waals surface area (Å²) in [7, 11) is 3.35. The number of hydrogen-bond acceptors (Lipinski definition) is 4. The summed E-state index contributed by atoms with van der Waals surface area (Å²) >= 11 is 0. The van der Waals surface area contributed by atoms with Crippen molar-refractivity contribution >= 4 is 23.2 Å². The first-order chi connectivity index (χ1) is 14.1. The second kappa shape index (κ2) is 8.15. The smallest absolute Gasteiger partial charge is 0.264 e. The number of hydrogen-bond donors (Lipinski definition) is 1. The summed E-state index contributed by atoms with van der Waals surface area (Å²) in [4.78, 5) is 26.9. The summed E-state index contributed by atoms with van der Waals surface area (Å²) in [5.74, 6) is 1.25. The molecule has 1 heterocycles. The van der Waals surface area contributed by atoms with Crippen LogP contribution in [0.5, 0.6) is 11.5 Å². The predicted octanol–water partition coefficient (Wildman–Crippen LogP) is 3.96. The van der Waals surface area contributed by atoms with Gasteiger partial charge in [-0.05, 0) is 48.6 Å². The fourth-order valence-corrected chi connectivity index (χ4v) is 4.35. The maximum atomic E-state index is 13.4. The van der Waals surface area contributed by atoms with E-state index >= 15 is 0 Å². The molecule has 0 saturated heterocycles. The number of ether oxygens (including phenoxy) is 2. The molecule has 1 fully saturated rings. The van der Waals surface area contributed by atoms with Crippen LogP contribution < -0.4 is 19.7 Å². The number of fused-ring (bicyclic) bond motifs is 1. The van der Waals surface area contributed by atoms with Crippen molar-refractivity contribution in [3.63, 3.8) is 0 Å². The van der Waals surface area contributed by atoms with Gasteiger partial charge in [0, 0.05) is 7.05 Å². The van der Waals surface area contributed by atoms with Crippen LogP contribution in [-0.4, -0.2) is 32.6 Å². The normalized spacial score (nSPS) is 17.4. The number of carbonyl (C=O) groups excluding carboxylic acids is 2. The number of anilines is 2. The Morgan fingerprint density at radius 1 is 1.17 bits per heavy atom. The third kappa shape index (κ3) is 3.79.